The highest BCUT2D eigenvalue weighted by Crippen LogP contribution is 2.66. The molecule has 1 saturated heterocycles. The van der Waals surface area contributed by atoms with Gasteiger partial charge in [0.1, 0.15) is 12.2 Å². The van der Waals surface area contributed by atoms with Gasteiger partial charge in [-0.3, -0.25) is 18.9 Å². The van der Waals surface area contributed by atoms with Gasteiger partial charge in [0.25, 0.3) is 5.56 Å². The Hall–Kier alpha value is -0.710. The van der Waals surface area contributed by atoms with Crippen molar-refractivity contribution >= 4 is 35.7 Å². The molecular formula is C9H13F2N2O13P3S. The number of aliphatic hydroxyl groups is 1. The van der Waals surface area contributed by atoms with Gasteiger partial charge in [-0.2, -0.15) is 13.0 Å². The summed E-state index contributed by atoms with van der Waals surface area (Å²) in [5, 5.41) is 9.92. The molecule has 6 atom stereocenters. The molecule has 0 amide bonds. The largest absolute Gasteiger partial charge is 0.490 e. The maximum absolute atomic E-state index is 14.3. The van der Waals surface area contributed by atoms with Crippen LogP contribution in [0, 0.1) is 10.6 Å². The van der Waals surface area contributed by atoms with E-state index in [0.29, 0.717) is 10.8 Å². The van der Waals surface area contributed by atoms with Crippen molar-refractivity contribution in [1.82, 2.24) is 9.55 Å². The molecule has 1 aliphatic rings. The van der Waals surface area contributed by atoms with Gasteiger partial charge < -0.3 is 29.4 Å². The number of hydrogen-bond donors (Lipinski definition) is 6. The second kappa shape index (κ2) is 9.03. The number of H-pyrrole nitrogens is 1. The van der Waals surface area contributed by atoms with E-state index in [2.05, 4.69) is 13.1 Å². The quantitative estimate of drug-likeness (QED) is 0.196. The summed E-state index contributed by atoms with van der Waals surface area (Å²) in [6.45, 7) is -1.20. The summed E-state index contributed by atoms with van der Waals surface area (Å²) in [5.41, 5.74) is -1.19. The van der Waals surface area contributed by atoms with Gasteiger partial charge in [0.2, 0.25) is 5.82 Å². The van der Waals surface area contributed by atoms with Crippen molar-refractivity contribution in [3.63, 3.8) is 0 Å². The number of halogens is 2. The smallest absolute Gasteiger partial charge is 0.385 e. The molecule has 0 spiro atoms. The minimum Gasteiger partial charge on any atom is -0.385 e. The van der Waals surface area contributed by atoms with Crippen molar-refractivity contribution in [3.05, 3.63) is 27.1 Å². The summed E-state index contributed by atoms with van der Waals surface area (Å²) in [6, 6.07) is 0. The molecule has 15 nitrogen and oxygen atoms in total. The molecule has 1 aromatic rings. The minimum atomic E-state index is -5.78. The van der Waals surface area contributed by atoms with E-state index in [-0.39, 0.29) is 0 Å². The Kier molecular flexibility index (Phi) is 7.69. The molecule has 0 aromatic carbocycles. The molecule has 1 aromatic heterocycles. The highest BCUT2D eigenvalue weighted by Gasteiger charge is 2.47. The van der Waals surface area contributed by atoms with Crippen molar-refractivity contribution in [2.75, 3.05) is 6.61 Å². The van der Waals surface area contributed by atoms with Gasteiger partial charge in [0.05, 0.1) is 12.8 Å². The first-order valence-electron chi connectivity index (χ1n) is 7.28. The number of aliphatic hydroxyl groups excluding tert-OH is 1. The SMILES string of the molecule is O=c1[nH]c(=S)n([C@@H]2O[C@H](COP(=O)(O)OP(=O)(O)OP(=O)(O)O)[C@H](F)[C@@H]2O)cc1F. The van der Waals surface area contributed by atoms with Crippen LogP contribution in [-0.4, -0.2) is 59.2 Å². The standard InChI is InChI=1S/C9H13F2N2O13P3S/c10-3-1-13(9(30)12-7(3)15)8-6(14)5(11)4(24-8)2-23-28(19,20)26-29(21,22)25-27(16,17)18/h1,4-6,8,14H,2H2,(H,19,20)(H,21,22)(H,12,15,30)(H2,16,17,18)/t4-,5+,6+,8-/m1/s1. The van der Waals surface area contributed by atoms with E-state index in [1.54, 1.807) is 0 Å². The van der Waals surface area contributed by atoms with Crippen molar-refractivity contribution in [2.45, 2.75) is 24.6 Å². The van der Waals surface area contributed by atoms with E-state index in [9.17, 15) is 37.3 Å². The maximum Gasteiger partial charge on any atom is 0.490 e. The molecule has 0 radical (unpaired) electrons. The Morgan fingerprint density at radius 2 is 1.80 bits per heavy atom. The van der Waals surface area contributed by atoms with Crippen LogP contribution >= 0.6 is 35.7 Å². The number of ether oxygens (including phenoxy) is 1. The van der Waals surface area contributed by atoms with Gasteiger partial charge in [-0.05, 0) is 12.2 Å². The molecule has 6 N–H and O–H groups in total. The summed E-state index contributed by atoms with van der Waals surface area (Å²) >= 11 is 4.75. The molecule has 2 rings (SSSR count). The van der Waals surface area contributed by atoms with Gasteiger partial charge in [0, 0.05) is 0 Å². The zero-order valence-corrected chi connectivity index (χ0v) is 17.5. The van der Waals surface area contributed by atoms with Crippen LogP contribution in [-0.2, 0) is 31.6 Å². The summed E-state index contributed by atoms with van der Waals surface area (Å²) in [5.74, 6) is -1.34. The van der Waals surface area contributed by atoms with Gasteiger partial charge in [-0.15, -0.1) is 0 Å². The topological polar surface area (TPSA) is 227 Å². The van der Waals surface area contributed by atoms with Crippen LogP contribution in [0.25, 0.3) is 0 Å². The first kappa shape index (κ1) is 25.5. The lowest BCUT2D eigenvalue weighted by Gasteiger charge is -2.19. The predicted molar refractivity (Wildman–Crippen MR) is 90.5 cm³/mol. The minimum absolute atomic E-state index is 0.453. The monoisotopic (exact) mass is 520 g/mol. The number of rotatable bonds is 8. The molecule has 1 fully saturated rings. The number of nitrogens with zero attached hydrogens (tertiary/aromatic N) is 1. The lowest BCUT2D eigenvalue weighted by molar-refractivity contribution is -0.0525. The summed E-state index contributed by atoms with van der Waals surface area (Å²) in [4.78, 5) is 48.3. The third-order valence-corrected chi connectivity index (χ3v) is 7.42. The number of phosphoric acid groups is 3. The molecule has 21 heteroatoms. The number of hydrogen-bond acceptors (Lipinski definition) is 10. The van der Waals surface area contributed by atoms with Gasteiger partial charge >= 0.3 is 23.5 Å². The highest BCUT2D eigenvalue weighted by atomic mass is 32.1. The van der Waals surface area contributed by atoms with Crippen molar-refractivity contribution in [2.24, 2.45) is 0 Å². The Morgan fingerprint density at radius 1 is 1.20 bits per heavy atom. The number of alkyl halides is 1. The van der Waals surface area contributed by atoms with Gasteiger partial charge in [-0.1, -0.05) is 0 Å². The zero-order chi connectivity index (χ0) is 23.1. The van der Waals surface area contributed by atoms with Crippen LogP contribution in [0.3, 0.4) is 0 Å². The fraction of sp³-hybridized carbons (Fsp3) is 0.556. The molecule has 2 heterocycles. The molecular weight excluding hydrogens is 507 g/mol. The molecule has 30 heavy (non-hydrogen) atoms. The first-order valence-corrected chi connectivity index (χ1v) is 12.2. The Labute approximate surface area is 169 Å². The van der Waals surface area contributed by atoms with Crippen LogP contribution < -0.4 is 5.56 Å². The Bertz CT molecular complexity index is 1060. The molecule has 2 unspecified atom stereocenters. The number of nitrogens with one attached hydrogen (secondary N) is 1. The Balaban J connectivity index is 2.09. The van der Waals surface area contributed by atoms with E-state index in [0.717, 1.165) is 0 Å². The molecule has 0 saturated carbocycles. The second-order valence-electron chi connectivity index (χ2n) is 5.53. The van der Waals surface area contributed by atoms with Crippen LogP contribution in [0.1, 0.15) is 6.23 Å². The summed E-state index contributed by atoms with van der Waals surface area (Å²) in [6.07, 6.45) is -7.34. The van der Waals surface area contributed by atoms with Crippen LogP contribution in [0.5, 0.6) is 0 Å². The summed E-state index contributed by atoms with van der Waals surface area (Å²) in [7, 11) is -16.9. The predicted octanol–water partition coefficient (Wildman–Crippen LogP) is -0.0153. The third kappa shape index (κ3) is 6.64. The van der Waals surface area contributed by atoms with E-state index < -0.39 is 70.8 Å². The first-order chi connectivity index (χ1) is 13.5. The molecule has 0 aliphatic carbocycles. The maximum atomic E-state index is 14.3. The van der Waals surface area contributed by atoms with Crippen molar-refractivity contribution < 1.29 is 65.0 Å². The third-order valence-electron chi connectivity index (χ3n) is 3.30. The van der Waals surface area contributed by atoms with Gasteiger partial charge in [0.15, 0.2) is 17.2 Å². The second-order valence-corrected chi connectivity index (χ2v) is 10.3. The Morgan fingerprint density at radius 3 is 2.37 bits per heavy atom. The van der Waals surface area contributed by atoms with E-state index >= 15 is 0 Å². The molecule has 0 bridgehead atoms. The number of aromatic amines is 1. The average Bonchev–Trinajstić information content (AvgIpc) is 2.81. The van der Waals surface area contributed by atoms with Crippen LogP contribution in [0.4, 0.5) is 8.78 Å². The van der Waals surface area contributed by atoms with E-state index in [1.807, 2.05) is 4.98 Å². The van der Waals surface area contributed by atoms with E-state index in [1.165, 1.54) is 0 Å². The number of aromatic nitrogens is 2. The van der Waals surface area contributed by atoms with E-state index in [4.69, 9.17) is 31.6 Å². The average molecular weight is 520 g/mol. The van der Waals surface area contributed by atoms with Gasteiger partial charge in [-0.25, -0.2) is 18.1 Å². The van der Waals surface area contributed by atoms with Crippen molar-refractivity contribution in [3.8, 4) is 0 Å². The zero-order valence-electron chi connectivity index (χ0n) is 14.0. The normalized spacial score (nSPS) is 28.8. The van der Waals surface area contributed by atoms with Crippen LogP contribution in [0.15, 0.2) is 11.0 Å². The van der Waals surface area contributed by atoms with Crippen LogP contribution in [0.2, 0.25) is 0 Å². The fourth-order valence-corrected chi connectivity index (χ4v) is 5.47. The molecule has 1 aliphatic heterocycles. The lowest BCUT2D eigenvalue weighted by atomic mass is 10.1. The molecule has 172 valence electrons. The highest BCUT2D eigenvalue weighted by molar-refractivity contribution is 7.71. The fourth-order valence-electron chi connectivity index (χ4n) is 2.19. The summed E-state index contributed by atoms with van der Waals surface area (Å²) < 4.78 is 77.5. The lowest BCUT2D eigenvalue weighted by Crippen LogP contribution is -2.30. The number of phosphoric ester groups is 1. The van der Waals surface area contributed by atoms with Crippen molar-refractivity contribution in [1.29, 1.82) is 0 Å².